The Morgan fingerprint density at radius 2 is 0.859 bits per heavy atom. The van der Waals surface area contributed by atoms with Crippen molar-refractivity contribution in [1.29, 1.82) is 0 Å². The third-order valence-corrected chi connectivity index (χ3v) is 11.6. The molecule has 6 N–H and O–H groups in total. The molecule has 6 rings (SSSR count). The molecule has 20 heteroatoms. The van der Waals surface area contributed by atoms with Crippen LogP contribution in [0.2, 0.25) is 0 Å². The fourth-order valence-corrected chi connectivity index (χ4v) is 7.92. The van der Waals surface area contributed by atoms with Crippen LogP contribution >= 0.6 is 0 Å². The number of aliphatic hydroxyl groups excluding tert-OH is 4. The molecule has 336 valence electrons. The first-order valence-electron chi connectivity index (χ1n) is 20.1. The van der Waals surface area contributed by atoms with E-state index in [2.05, 4.69) is 29.9 Å². The molecule has 0 saturated heterocycles. The van der Waals surface area contributed by atoms with Crippen molar-refractivity contribution in [1.82, 2.24) is 29.9 Å². The second-order valence-electron chi connectivity index (χ2n) is 14.5. The Morgan fingerprint density at radius 3 is 1.28 bits per heavy atom. The highest BCUT2D eigenvalue weighted by molar-refractivity contribution is 7.86. The predicted octanol–water partition coefficient (Wildman–Crippen LogP) is 2.67. The monoisotopic (exact) mass is 912 g/mol. The summed E-state index contributed by atoms with van der Waals surface area (Å²) in [4.78, 5) is 30.3. The molecule has 0 radical (unpaired) electrons. The Morgan fingerprint density at radius 1 is 0.453 bits per heavy atom. The van der Waals surface area contributed by atoms with E-state index in [4.69, 9.17) is 0 Å². The largest absolute Gasteiger partial charge is 0.395 e. The van der Waals surface area contributed by atoms with E-state index >= 15 is 0 Å². The van der Waals surface area contributed by atoms with Gasteiger partial charge in [-0.25, -0.2) is 9.97 Å². The predicted molar refractivity (Wildman–Crippen MR) is 238 cm³/mol. The van der Waals surface area contributed by atoms with E-state index in [1.165, 1.54) is 30.3 Å². The molecule has 0 unspecified atom stereocenters. The Balaban J connectivity index is 1.22. The number of anilines is 2. The molecule has 4 aromatic carbocycles. The fourth-order valence-electron chi connectivity index (χ4n) is 6.70. The molecule has 0 aliphatic rings. The van der Waals surface area contributed by atoms with Gasteiger partial charge in [0.05, 0.1) is 31.3 Å². The van der Waals surface area contributed by atoms with Gasteiger partial charge in [0.25, 0.3) is 20.2 Å². The molecule has 18 nitrogen and oxygen atoms in total. The molecule has 2 heterocycles. The Hall–Kier alpha value is -6.10. The van der Waals surface area contributed by atoms with Crippen molar-refractivity contribution < 1.29 is 46.4 Å². The third kappa shape index (κ3) is 13.5. The lowest BCUT2D eigenvalue weighted by Gasteiger charge is -2.21. The van der Waals surface area contributed by atoms with Gasteiger partial charge in [-0.15, -0.1) is 0 Å². The molecule has 0 fully saturated rings. The van der Waals surface area contributed by atoms with Gasteiger partial charge in [0.15, 0.2) is 0 Å². The molecule has 0 bridgehead atoms. The van der Waals surface area contributed by atoms with Gasteiger partial charge in [-0.3, -0.25) is 9.11 Å². The standard InChI is InChI=1S/C44H48N8O10S2/c53-22-18-51(19-23-54)43-48-40(45-41(49-43)29-34-12-16-37(17-13-34)63(57,58)59)28-33-8-6-31(7-9-33)10-14-36-15-11-35(26-38(36)64(60,61)62)30-42-46-39(27-32-4-2-1-3-5-32)47-44(50-42)52(20-24-55)21-25-56/h1-17,26,53-56H,18-25,27-30H2,(H,57,58,59)(H,60,61,62)/b14-10+. The van der Waals surface area contributed by atoms with Crippen LogP contribution in [0.5, 0.6) is 0 Å². The zero-order chi connectivity index (χ0) is 45.7. The second kappa shape index (κ2) is 22.0. The molecule has 64 heavy (non-hydrogen) atoms. The summed E-state index contributed by atoms with van der Waals surface area (Å²) in [5.74, 6) is 2.02. The SMILES string of the molecule is O=S(=O)(O)c1ccc(Cc2nc(Cc3ccc(/C=C/c4ccc(Cc5nc(Cc6ccccc6)nc(N(CCO)CCO)n5)cc4S(=O)(=O)O)cc3)nc(N(CCO)CCO)n2)cc1. The van der Waals surface area contributed by atoms with Gasteiger partial charge < -0.3 is 30.2 Å². The Labute approximate surface area is 370 Å². The second-order valence-corrected chi connectivity index (χ2v) is 17.3. The van der Waals surface area contributed by atoms with Crippen LogP contribution in [0.1, 0.15) is 56.7 Å². The minimum Gasteiger partial charge on any atom is -0.395 e. The van der Waals surface area contributed by atoms with Crippen molar-refractivity contribution in [3.8, 4) is 0 Å². The lowest BCUT2D eigenvalue weighted by molar-refractivity contribution is 0.279. The highest BCUT2D eigenvalue weighted by Crippen LogP contribution is 2.24. The Kier molecular flexibility index (Phi) is 16.3. The lowest BCUT2D eigenvalue weighted by atomic mass is 10.1. The summed E-state index contributed by atoms with van der Waals surface area (Å²) in [5, 5.41) is 38.6. The number of aromatic nitrogens is 6. The van der Waals surface area contributed by atoms with Crippen molar-refractivity contribution in [2.75, 3.05) is 62.4 Å². The molecular formula is C44H48N8O10S2. The summed E-state index contributed by atoms with van der Waals surface area (Å²) in [6.07, 6.45) is 4.21. The van der Waals surface area contributed by atoms with Gasteiger partial charge in [0.2, 0.25) is 11.9 Å². The average Bonchev–Trinajstić information content (AvgIpc) is 3.26. The number of aliphatic hydroxyl groups is 4. The van der Waals surface area contributed by atoms with Crippen LogP contribution in [0.4, 0.5) is 11.9 Å². The molecule has 0 spiro atoms. The normalized spacial score (nSPS) is 11.9. The van der Waals surface area contributed by atoms with Crippen LogP contribution in [0.3, 0.4) is 0 Å². The van der Waals surface area contributed by atoms with E-state index in [1.54, 1.807) is 34.1 Å². The minimum absolute atomic E-state index is 0.0899. The number of rotatable bonds is 22. The average molecular weight is 913 g/mol. The quantitative estimate of drug-likeness (QED) is 0.0422. The van der Waals surface area contributed by atoms with Crippen LogP contribution in [-0.4, -0.2) is 129 Å². The maximum Gasteiger partial charge on any atom is 0.295 e. The van der Waals surface area contributed by atoms with Gasteiger partial charge in [-0.05, 0) is 51.6 Å². The molecule has 0 saturated carbocycles. The van der Waals surface area contributed by atoms with Crippen molar-refractivity contribution >= 4 is 44.3 Å². The molecule has 6 aromatic rings. The first kappa shape index (κ1) is 47.4. The third-order valence-electron chi connectivity index (χ3n) is 9.78. The molecule has 0 aliphatic heterocycles. The summed E-state index contributed by atoms with van der Waals surface area (Å²) in [5.41, 5.74) is 3.90. The number of hydrogen-bond donors (Lipinski definition) is 6. The van der Waals surface area contributed by atoms with E-state index in [0.29, 0.717) is 40.8 Å². The summed E-state index contributed by atoms with van der Waals surface area (Å²) >= 11 is 0. The Bertz CT molecular complexity index is 2740. The van der Waals surface area contributed by atoms with Crippen LogP contribution in [-0.2, 0) is 45.9 Å². The van der Waals surface area contributed by atoms with Crippen LogP contribution in [0.15, 0.2) is 107 Å². The van der Waals surface area contributed by atoms with E-state index in [0.717, 1.165) is 16.7 Å². The topological polar surface area (TPSA) is 273 Å². The van der Waals surface area contributed by atoms with Crippen molar-refractivity contribution in [3.05, 3.63) is 154 Å². The van der Waals surface area contributed by atoms with Crippen molar-refractivity contribution in [3.63, 3.8) is 0 Å². The number of nitrogens with zero attached hydrogens (tertiary/aromatic N) is 8. The van der Waals surface area contributed by atoms with Crippen LogP contribution < -0.4 is 9.80 Å². The smallest absolute Gasteiger partial charge is 0.295 e. The van der Waals surface area contributed by atoms with Gasteiger partial charge in [0, 0.05) is 51.9 Å². The van der Waals surface area contributed by atoms with Crippen LogP contribution in [0, 0.1) is 0 Å². The fraction of sp³-hybridized carbons (Fsp3) is 0.273. The van der Waals surface area contributed by atoms with Crippen molar-refractivity contribution in [2.24, 2.45) is 0 Å². The summed E-state index contributed by atoms with van der Waals surface area (Å²) in [6, 6.07) is 27.2. The lowest BCUT2D eigenvalue weighted by Crippen LogP contribution is -2.32. The first-order chi connectivity index (χ1) is 30.7. The van der Waals surface area contributed by atoms with Gasteiger partial charge in [-0.2, -0.15) is 36.8 Å². The maximum absolute atomic E-state index is 12.7. The van der Waals surface area contributed by atoms with Gasteiger partial charge in [0.1, 0.15) is 28.2 Å². The van der Waals surface area contributed by atoms with Gasteiger partial charge >= 0.3 is 0 Å². The number of benzene rings is 4. The summed E-state index contributed by atoms with van der Waals surface area (Å²) in [6.45, 7) is -0.165. The van der Waals surface area contributed by atoms with E-state index in [-0.39, 0.29) is 99.1 Å². The summed E-state index contributed by atoms with van der Waals surface area (Å²) in [7, 11) is -9.05. The zero-order valence-corrected chi connectivity index (χ0v) is 36.2. The molecule has 0 aliphatic carbocycles. The highest BCUT2D eigenvalue weighted by atomic mass is 32.2. The van der Waals surface area contributed by atoms with E-state index < -0.39 is 20.2 Å². The first-order valence-corrected chi connectivity index (χ1v) is 23.0. The minimum atomic E-state index is -4.68. The molecule has 0 amide bonds. The molecule has 0 atom stereocenters. The number of hydrogen-bond acceptors (Lipinski definition) is 16. The van der Waals surface area contributed by atoms with E-state index in [9.17, 15) is 46.4 Å². The van der Waals surface area contributed by atoms with Crippen molar-refractivity contribution in [2.45, 2.75) is 35.5 Å². The summed E-state index contributed by atoms with van der Waals surface area (Å²) < 4.78 is 68.1. The molecular weight excluding hydrogens is 865 g/mol. The van der Waals surface area contributed by atoms with Crippen LogP contribution in [0.25, 0.3) is 12.2 Å². The zero-order valence-electron chi connectivity index (χ0n) is 34.6. The van der Waals surface area contributed by atoms with Gasteiger partial charge in [-0.1, -0.05) is 91.0 Å². The van der Waals surface area contributed by atoms with E-state index in [1.807, 2.05) is 54.6 Å². The maximum atomic E-state index is 12.7. The highest BCUT2D eigenvalue weighted by Gasteiger charge is 2.19. The molecule has 2 aromatic heterocycles.